The fraction of sp³-hybridized carbons (Fsp3) is 0.250. The molecule has 0 aliphatic rings. The van der Waals surface area contributed by atoms with Crippen LogP contribution in [0.4, 0.5) is 0 Å². The van der Waals surface area contributed by atoms with Crippen molar-refractivity contribution in [2.75, 3.05) is 0 Å². The van der Waals surface area contributed by atoms with E-state index in [1.807, 2.05) is 13.8 Å². The van der Waals surface area contributed by atoms with Gasteiger partial charge < -0.3 is 5.11 Å². The summed E-state index contributed by atoms with van der Waals surface area (Å²) in [5.74, 6) is -0.699. The summed E-state index contributed by atoms with van der Waals surface area (Å²) in [5, 5.41) is 13.5. The Morgan fingerprint density at radius 1 is 1.44 bits per heavy atom. The molecule has 0 fully saturated rings. The van der Waals surface area contributed by atoms with Gasteiger partial charge in [0.2, 0.25) is 0 Å². The van der Waals surface area contributed by atoms with Crippen LogP contribution >= 0.6 is 11.6 Å². The molecule has 1 heterocycles. The highest BCUT2D eigenvalue weighted by Gasteiger charge is 2.18. The molecule has 0 amide bonds. The third kappa shape index (κ3) is 2.36. The molecule has 0 aliphatic heterocycles. The fourth-order valence-corrected chi connectivity index (χ4v) is 1.77. The number of benzene rings is 1. The number of carboxylic acid groups (broad SMARTS) is 1. The minimum Gasteiger partial charge on any atom is -0.475 e. The van der Waals surface area contributed by atoms with Crippen molar-refractivity contribution in [3.63, 3.8) is 0 Å². The van der Waals surface area contributed by atoms with Gasteiger partial charge in [-0.2, -0.15) is 0 Å². The second-order valence-corrected chi connectivity index (χ2v) is 4.58. The van der Waals surface area contributed by atoms with E-state index in [9.17, 15) is 4.79 Å². The second-order valence-electron chi connectivity index (χ2n) is 4.15. The number of rotatable bonds is 3. The summed E-state index contributed by atoms with van der Waals surface area (Å²) in [7, 11) is 0. The van der Waals surface area contributed by atoms with Crippen LogP contribution in [0.25, 0.3) is 5.69 Å². The predicted octanol–water partition coefficient (Wildman–Crippen LogP) is 2.74. The zero-order valence-electron chi connectivity index (χ0n) is 9.96. The van der Waals surface area contributed by atoms with Crippen LogP contribution in [0.5, 0.6) is 0 Å². The van der Waals surface area contributed by atoms with Crippen LogP contribution < -0.4 is 0 Å². The number of carbonyl (C=O) groups is 1. The van der Waals surface area contributed by atoms with Gasteiger partial charge >= 0.3 is 5.97 Å². The van der Waals surface area contributed by atoms with E-state index in [0.29, 0.717) is 16.5 Å². The Kier molecular flexibility index (Phi) is 3.34. The molecule has 0 spiro atoms. The van der Waals surface area contributed by atoms with Gasteiger partial charge in [-0.25, -0.2) is 14.5 Å². The highest BCUT2D eigenvalue weighted by atomic mass is 35.5. The van der Waals surface area contributed by atoms with Crippen LogP contribution in [-0.4, -0.2) is 25.8 Å². The van der Waals surface area contributed by atoms with E-state index in [1.165, 1.54) is 4.68 Å². The first-order chi connectivity index (χ1) is 8.49. The first kappa shape index (κ1) is 12.6. The number of carboxylic acids is 1. The summed E-state index contributed by atoms with van der Waals surface area (Å²) in [4.78, 5) is 14.9. The Morgan fingerprint density at radius 2 is 2.17 bits per heavy atom. The summed E-state index contributed by atoms with van der Waals surface area (Å²) in [6.45, 7) is 3.85. The maximum absolute atomic E-state index is 10.9. The number of aromatic carboxylic acids is 1. The van der Waals surface area contributed by atoms with Crippen molar-refractivity contribution in [3.05, 3.63) is 40.9 Å². The lowest BCUT2D eigenvalue weighted by atomic mass is 10.2. The monoisotopic (exact) mass is 265 g/mol. The SMILES string of the molecule is CC(C)c1nc(C(=O)O)nn1-c1cccc(Cl)c1. The smallest absolute Gasteiger partial charge is 0.375 e. The highest BCUT2D eigenvalue weighted by molar-refractivity contribution is 6.30. The van der Waals surface area contributed by atoms with Gasteiger partial charge in [0.25, 0.3) is 5.82 Å². The van der Waals surface area contributed by atoms with Crippen molar-refractivity contribution in [2.45, 2.75) is 19.8 Å². The molecule has 0 saturated carbocycles. The third-order valence-corrected chi connectivity index (χ3v) is 2.63. The standard InChI is InChI=1S/C12H12ClN3O2/c1-7(2)11-14-10(12(17)18)15-16(11)9-5-3-4-8(13)6-9/h3-7H,1-2H3,(H,17,18). The molecule has 5 nitrogen and oxygen atoms in total. The first-order valence-electron chi connectivity index (χ1n) is 5.45. The minimum absolute atomic E-state index is 0.0598. The van der Waals surface area contributed by atoms with Gasteiger partial charge in [-0.1, -0.05) is 31.5 Å². The molecule has 2 rings (SSSR count). The zero-order valence-corrected chi connectivity index (χ0v) is 10.7. The average molecular weight is 266 g/mol. The summed E-state index contributed by atoms with van der Waals surface area (Å²) in [6.07, 6.45) is 0. The number of aromatic nitrogens is 3. The number of halogens is 1. The molecule has 1 N–H and O–H groups in total. The van der Waals surface area contributed by atoms with Crippen LogP contribution in [0.2, 0.25) is 5.02 Å². The van der Waals surface area contributed by atoms with Crippen molar-refractivity contribution in [2.24, 2.45) is 0 Å². The van der Waals surface area contributed by atoms with Gasteiger partial charge in [0, 0.05) is 10.9 Å². The van der Waals surface area contributed by atoms with Crippen LogP contribution in [0.1, 0.15) is 36.2 Å². The molecule has 0 saturated heterocycles. The second kappa shape index (κ2) is 4.78. The van der Waals surface area contributed by atoms with E-state index in [4.69, 9.17) is 16.7 Å². The molecule has 0 unspecified atom stereocenters. The van der Waals surface area contributed by atoms with Gasteiger partial charge in [0.15, 0.2) is 0 Å². The molecular formula is C12H12ClN3O2. The Balaban J connectivity index is 2.58. The van der Waals surface area contributed by atoms with Crippen molar-refractivity contribution in [1.29, 1.82) is 0 Å². The highest BCUT2D eigenvalue weighted by Crippen LogP contribution is 2.20. The summed E-state index contributed by atoms with van der Waals surface area (Å²) in [6, 6.07) is 7.05. The molecule has 0 radical (unpaired) electrons. The maximum atomic E-state index is 10.9. The van der Waals surface area contributed by atoms with E-state index in [1.54, 1.807) is 24.3 Å². The van der Waals surface area contributed by atoms with Gasteiger partial charge in [0.05, 0.1) is 5.69 Å². The Bertz CT molecular complexity index is 593. The molecule has 6 heteroatoms. The van der Waals surface area contributed by atoms with Gasteiger partial charge in [-0.3, -0.25) is 0 Å². The van der Waals surface area contributed by atoms with E-state index in [0.717, 1.165) is 0 Å². The van der Waals surface area contributed by atoms with Gasteiger partial charge in [0.1, 0.15) is 5.82 Å². The van der Waals surface area contributed by atoms with E-state index >= 15 is 0 Å². The van der Waals surface area contributed by atoms with Crippen LogP contribution in [0.3, 0.4) is 0 Å². The van der Waals surface area contributed by atoms with Gasteiger partial charge in [-0.05, 0) is 18.2 Å². The molecule has 2 aromatic rings. The van der Waals surface area contributed by atoms with Crippen molar-refractivity contribution >= 4 is 17.6 Å². The molecule has 0 bridgehead atoms. The molecule has 1 aromatic heterocycles. The topological polar surface area (TPSA) is 68.0 Å². The largest absolute Gasteiger partial charge is 0.475 e. The molecule has 94 valence electrons. The lowest BCUT2D eigenvalue weighted by Gasteiger charge is -2.08. The van der Waals surface area contributed by atoms with E-state index < -0.39 is 5.97 Å². The Labute approximate surface area is 109 Å². The van der Waals surface area contributed by atoms with E-state index in [2.05, 4.69) is 10.1 Å². The first-order valence-corrected chi connectivity index (χ1v) is 5.83. The fourth-order valence-electron chi connectivity index (χ4n) is 1.59. The van der Waals surface area contributed by atoms with Crippen molar-refractivity contribution < 1.29 is 9.90 Å². The molecule has 0 aliphatic carbocycles. The molecule has 1 aromatic carbocycles. The molecule has 18 heavy (non-hydrogen) atoms. The third-order valence-electron chi connectivity index (χ3n) is 2.39. The average Bonchev–Trinajstić information content (AvgIpc) is 2.73. The summed E-state index contributed by atoms with van der Waals surface area (Å²) >= 11 is 5.92. The molecule has 0 atom stereocenters. The number of hydrogen-bond donors (Lipinski definition) is 1. The lowest BCUT2D eigenvalue weighted by molar-refractivity contribution is 0.0683. The van der Waals surface area contributed by atoms with E-state index in [-0.39, 0.29) is 11.7 Å². The Hall–Kier alpha value is -1.88. The normalized spacial score (nSPS) is 10.9. The zero-order chi connectivity index (χ0) is 13.3. The quantitative estimate of drug-likeness (QED) is 0.926. The minimum atomic E-state index is -1.14. The lowest BCUT2D eigenvalue weighted by Crippen LogP contribution is -2.04. The summed E-state index contributed by atoms with van der Waals surface area (Å²) in [5.41, 5.74) is 0.700. The number of nitrogens with zero attached hydrogens (tertiary/aromatic N) is 3. The molecular weight excluding hydrogens is 254 g/mol. The van der Waals surface area contributed by atoms with Crippen LogP contribution in [0.15, 0.2) is 24.3 Å². The predicted molar refractivity (Wildman–Crippen MR) is 67.4 cm³/mol. The number of hydrogen-bond acceptors (Lipinski definition) is 3. The summed E-state index contributed by atoms with van der Waals surface area (Å²) < 4.78 is 1.51. The van der Waals surface area contributed by atoms with Crippen molar-refractivity contribution in [1.82, 2.24) is 14.8 Å². The maximum Gasteiger partial charge on any atom is 0.375 e. The Morgan fingerprint density at radius 3 is 2.72 bits per heavy atom. The van der Waals surface area contributed by atoms with Gasteiger partial charge in [-0.15, -0.1) is 5.10 Å². The van der Waals surface area contributed by atoms with Crippen LogP contribution in [-0.2, 0) is 0 Å². The van der Waals surface area contributed by atoms with Crippen molar-refractivity contribution in [3.8, 4) is 5.69 Å². The van der Waals surface area contributed by atoms with Crippen LogP contribution in [0, 0.1) is 0 Å².